The molecule has 0 N–H and O–H groups in total. The van der Waals surface area contributed by atoms with Gasteiger partial charge in [0.2, 0.25) is 5.91 Å². The van der Waals surface area contributed by atoms with Crippen molar-refractivity contribution in [3.05, 3.63) is 60.1 Å². The molecule has 1 aliphatic rings. The number of halogens is 1. The Kier molecular flexibility index (Phi) is 6.95. The van der Waals surface area contributed by atoms with Gasteiger partial charge in [0.15, 0.2) is 5.82 Å². The fourth-order valence-electron chi connectivity index (χ4n) is 4.67. The van der Waals surface area contributed by atoms with E-state index in [1.165, 1.54) is 24.0 Å². The molecule has 0 atom stereocenters. The maximum Gasteiger partial charge on any atom is 0.236 e. The van der Waals surface area contributed by atoms with Gasteiger partial charge in [0, 0.05) is 61.3 Å². The van der Waals surface area contributed by atoms with E-state index >= 15 is 0 Å². The van der Waals surface area contributed by atoms with E-state index in [4.69, 9.17) is 5.10 Å². The monoisotopic (exact) mass is 518 g/mol. The number of amides is 1. The summed E-state index contributed by atoms with van der Waals surface area (Å²) in [7, 11) is 3.56. The van der Waals surface area contributed by atoms with Crippen LogP contribution in [0.25, 0.3) is 16.6 Å². The van der Waals surface area contributed by atoms with Gasteiger partial charge in [-0.2, -0.15) is 15.5 Å². The first-order valence-corrected chi connectivity index (χ1v) is 12.8. The van der Waals surface area contributed by atoms with Crippen LogP contribution in [0.5, 0.6) is 0 Å². The van der Waals surface area contributed by atoms with Gasteiger partial charge in [0.05, 0.1) is 36.1 Å². The van der Waals surface area contributed by atoms with Crippen LogP contribution < -0.4 is 0 Å². The Morgan fingerprint density at radius 1 is 1.27 bits per heavy atom. The molecule has 0 aromatic carbocycles. The fraction of sp³-hybridized carbons (Fsp3) is 0.346. The molecule has 0 unspecified atom stereocenters. The van der Waals surface area contributed by atoms with Gasteiger partial charge >= 0.3 is 0 Å². The molecule has 4 aromatic heterocycles. The Labute approximate surface area is 218 Å². The summed E-state index contributed by atoms with van der Waals surface area (Å²) in [6.45, 7) is 4.16. The van der Waals surface area contributed by atoms with E-state index < -0.39 is 5.82 Å². The van der Waals surface area contributed by atoms with Crippen LogP contribution >= 0.6 is 11.8 Å². The predicted octanol–water partition coefficient (Wildman–Crippen LogP) is 3.79. The van der Waals surface area contributed by atoms with E-state index in [1.54, 1.807) is 35.8 Å². The molecule has 0 bridgehead atoms. The van der Waals surface area contributed by atoms with Gasteiger partial charge in [-0.25, -0.2) is 13.9 Å². The Hall–Kier alpha value is -3.75. The van der Waals surface area contributed by atoms with Gasteiger partial charge in [0.25, 0.3) is 0 Å². The second kappa shape index (κ2) is 10.3. The van der Waals surface area contributed by atoms with Crippen molar-refractivity contribution in [2.75, 3.05) is 33.7 Å². The third kappa shape index (κ3) is 4.95. The summed E-state index contributed by atoms with van der Waals surface area (Å²) in [5, 5.41) is 18.9. The van der Waals surface area contributed by atoms with Gasteiger partial charge in [-0.1, -0.05) is 11.8 Å². The van der Waals surface area contributed by atoms with Crippen molar-refractivity contribution in [2.45, 2.75) is 35.7 Å². The van der Waals surface area contributed by atoms with Crippen LogP contribution in [0.15, 0.2) is 52.9 Å². The van der Waals surface area contributed by atoms with Crippen molar-refractivity contribution < 1.29 is 9.18 Å². The number of hydrogen-bond acceptors (Lipinski definition) is 7. The number of fused-ring (bicyclic) bond motifs is 1. The molecule has 190 valence electrons. The smallest absolute Gasteiger partial charge is 0.236 e. The molecule has 5 heterocycles. The lowest BCUT2D eigenvalue weighted by Crippen LogP contribution is -2.41. The maximum absolute atomic E-state index is 14.4. The van der Waals surface area contributed by atoms with Gasteiger partial charge in [0.1, 0.15) is 11.1 Å². The summed E-state index contributed by atoms with van der Waals surface area (Å²) in [4.78, 5) is 20.7. The molecule has 5 rings (SSSR count). The summed E-state index contributed by atoms with van der Waals surface area (Å²) in [6, 6.07) is 7.28. The molecule has 1 aliphatic heterocycles. The Bertz CT molecular complexity index is 1500. The van der Waals surface area contributed by atoms with Crippen molar-refractivity contribution in [1.82, 2.24) is 34.2 Å². The number of likely N-dealkylation sites (N-methyl/N-ethyl adjacent to an activating group) is 1. The highest BCUT2D eigenvalue weighted by molar-refractivity contribution is 7.99. The van der Waals surface area contributed by atoms with Crippen molar-refractivity contribution >= 4 is 23.2 Å². The van der Waals surface area contributed by atoms with E-state index in [0.717, 1.165) is 42.8 Å². The quantitative estimate of drug-likeness (QED) is 0.383. The average Bonchev–Trinajstić information content (AvgIpc) is 3.49. The number of aromatic nitrogens is 5. The van der Waals surface area contributed by atoms with Crippen molar-refractivity contribution in [2.24, 2.45) is 0 Å². The Morgan fingerprint density at radius 2 is 2.05 bits per heavy atom. The number of pyridine rings is 2. The zero-order chi connectivity index (χ0) is 26.1. The third-order valence-electron chi connectivity index (χ3n) is 6.74. The maximum atomic E-state index is 14.4. The Morgan fingerprint density at radius 3 is 2.76 bits per heavy atom. The van der Waals surface area contributed by atoms with Gasteiger partial charge in [-0.15, -0.1) is 0 Å². The molecule has 0 spiro atoms. The number of likely N-dealkylation sites (tertiary alicyclic amines) is 1. The summed E-state index contributed by atoms with van der Waals surface area (Å²) in [5.41, 5.74) is 3.87. The third-order valence-corrected chi connectivity index (χ3v) is 7.77. The Balaban J connectivity index is 1.44. The average molecular weight is 519 g/mol. The molecule has 0 aliphatic carbocycles. The van der Waals surface area contributed by atoms with Crippen LogP contribution in [-0.4, -0.2) is 73.8 Å². The molecule has 1 fully saturated rings. The molecule has 11 heteroatoms. The van der Waals surface area contributed by atoms with Gasteiger partial charge < -0.3 is 4.90 Å². The van der Waals surface area contributed by atoms with E-state index in [2.05, 4.69) is 25.7 Å². The lowest BCUT2D eigenvalue weighted by Gasteiger charge is -2.32. The van der Waals surface area contributed by atoms with E-state index in [9.17, 15) is 14.4 Å². The number of rotatable bonds is 6. The van der Waals surface area contributed by atoms with Crippen LogP contribution in [0.2, 0.25) is 0 Å². The topological polar surface area (TPSA) is 95.4 Å². The number of piperidine rings is 1. The predicted molar refractivity (Wildman–Crippen MR) is 138 cm³/mol. The number of nitriles is 1. The molecule has 1 amide bonds. The second-order valence-electron chi connectivity index (χ2n) is 9.33. The normalized spacial score (nSPS) is 14.7. The van der Waals surface area contributed by atoms with Crippen LogP contribution in [0.4, 0.5) is 4.39 Å². The summed E-state index contributed by atoms with van der Waals surface area (Å²) in [6.07, 6.45) is 8.60. The van der Waals surface area contributed by atoms with Crippen LogP contribution in [0.1, 0.15) is 30.1 Å². The summed E-state index contributed by atoms with van der Waals surface area (Å²) in [5.74, 6) is -0.305. The molecule has 37 heavy (non-hydrogen) atoms. The molecule has 0 radical (unpaired) electrons. The lowest BCUT2D eigenvalue weighted by atomic mass is 10.0. The van der Waals surface area contributed by atoms with E-state index in [1.807, 2.05) is 25.4 Å². The van der Waals surface area contributed by atoms with Crippen molar-refractivity contribution in [1.29, 1.82) is 5.26 Å². The standard InChI is InChI=1S/C26H27FN8OS/c1-17-21(14-31-35(17)20-6-9-33(10-7-20)16-24(36)32(2)3)18-11-23(37-26-22(27)5-4-8-29-26)25-19(12-28)13-30-34(25)15-18/h4-5,8,11,13-15,20H,6-7,9-10,16H2,1-3H3. The number of nitrogens with zero attached hydrogens (tertiary/aromatic N) is 8. The molecular weight excluding hydrogens is 491 g/mol. The highest BCUT2D eigenvalue weighted by atomic mass is 32.2. The minimum atomic E-state index is -0.420. The fourth-order valence-corrected chi connectivity index (χ4v) is 5.64. The zero-order valence-corrected chi connectivity index (χ0v) is 21.7. The first kappa shape index (κ1) is 24.9. The van der Waals surface area contributed by atoms with Crippen LogP contribution in [0, 0.1) is 24.1 Å². The zero-order valence-electron chi connectivity index (χ0n) is 20.9. The lowest BCUT2D eigenvalue weighted by molar-refractivity contribution is -0.130. The van der Waals surface area contributed by atoms with Gasteiger partial charge in [-0.3, -0.25) is 14.4 Å². The highest BCUT2D eigenvalue weighted by Gasteiger charge is 2.25. The SMILES string of the molecule is Cc1c(-c2cc(Sc3ncccc3F)c3c(C#N)cnn3c2)cnn1C1CCN(CC(=O)N(C)C)CC1. The second-order valence-corrected chi connectivity index (χ2v) is 10.4. The molecule has 4 aromatic rings. The molecular formula is C26H27FN8OS. The summed E-state index contributed by atoms with van der Waals surface area (Å²) >= 11 is 1.17. The summed E-state index contributed by atoms with van der Waals surface area (Å²) < 4.78 is 18.1. The first-order valence-electron chi connectivity index (χ1n) is 12.0. The van der Waals surface area contributed by atoms with Gasteiger partial charge in [-0.05, 0) is 38.0 Å². The van der Waals surface area contributed by atoms with E-state index in [-0.39, 0.29) is 17.0 Å². The molecule has 1 saturated heterocycles. The minimum Gasteiger partial charge on any atom is -0.348 e. The van der Waals surface area contributed by atoms with Crippen LogP contribution in [0.3, 0.4) is 0 Å². The van der Waals surface area contributed by atoms with Crippen LogP contribution in [-0.2, 0) is 4.79 Å². The van der Waals surface area contributed by atoms with E-state index in [0.29, 0.717) is 22.5 Å². The molecule has 9 nitrogen and oxygen atoms in total. The minimum absolute atomic E-state index is 0.115. The van der Waals surface area contributed by atoms with Crippen molar-refractivity contribution in [3.8, 4) is 17.2 Å². The number of carbonyl (C=O) groups excluding carboxylic acids is 1. The van der Waals surface area contributed by atoms with Crippen molar-refractivity contribution in [3.63, 3.8) is 0 Å². The molecule has 0 saturated carbocycles. The highest BCUT2D eigenvalue weighted by Crippen LogP contribution is 2.37. The number of carbonyl (C=O) groups is 1. The first-order chi connectivity index (χ1) is 17.9. The number of hydrogen-bond donors (Lipinski definition) is 0. The largest absolute Gasteiger partial charge is 0.348 e.